The molecular weight excluding hydrogens is 280 g/mol. The number of hydrogen-bond donors (Lipinski definition) is 1. The zero-order valence-electron chi connectivity index (χ0n) is 13.9. The summed E-state index contributed by atoms with van der Waals surface area (Å²) in [6.45, 7) is 9.11. The molecule has 1 amide bonds. The number of rotatable bonds is 4. The fourth-order valence-corrected chi connectivity index (χ4v) is 2.63. The normalized spacial score (nSPS) is 19.8. The van der Waals surface area contributed by atoms with E-state index in [-0.39, 0.29) is 6.09 Å². The van der Waals surface area contributed by atoms with E-state index in [9.17, 15) is 4.79 Å². The van der Waals surface area contributed by atoms with Crippen LogP contribution >= 0.6 is 0 Å². The second-order valence-electron chi connectivity index (χ2n) is 6.85. The highest BCUT2D eigenvalue weighted by molar-refractivity contribution is 5.68. The van der Waals surface area contributed by atoms with Gasteiger partial charge in [0.2, 0.25) is 0 Å². The van der Waals surface area contributed by atoms with E-state index in [4.69, 9.17) is 4.74 Å². The van der Waals surface area contributed by atoms with Crippen LogP contribution in [0.5, 0.6) is 0 Å². The van der Waals surface area contributed by atoms with Crippen LogP contribution in [-0.4, -0.2) is 51.8 Å². The molecule has 0 spiro atoms. The monoisotopic (exact) mass is 308 g/mol. The van der Waals surface area contributed by atoms with Gasteiger partial charge in [-0.15, -0.1) is 0 Å². The van der Waals surface area contributed by atoms with Gasteiger partial charge in [-0.05, 0) is 40.0 Å². The molecule has 0 bridgehead atoms. The molecule has 1 aliphatic rings. The predicted octanol–water partition coefficient (Wildman–Crippen LogP) is 2.26. The quantitative estimate of drug-likeness (QED) is 0.927. The van der Waals surface area contributed by atoms with Gasteiger partial charge in [-0.3, -0.25) is 0 Å². The molecule has 1 aromatic heterocycles. The largest absolute Gasteiger partial charge is 0.444 e. The molecule has 2 heterocycles. The number of nitrogens with zero attached hydrogens (tertiary/aromatic N) is 3. The fourth-order valence-electron chi connectivity index (χ4n) is 2.63. The van der Waals surface area contributed by atoms with Gasteiger partial charge in [0.25, 0.3) is 0 Å². The average molecular weight is 308 g/mol. The second-order valence-corrected chi connectivity index (χ2v) is 6.85. The van der Waals surface area contributed by atoms with Gasteiger partial charge >= 0.3 is 6.09 Å². The number of carbonyl (C=O) groups is 1. The Labute approximate surface area is 132 Å². The third-order valence-corrected chi connectivity index (χ3v) is 3.74. The van der Waals surface area contributed by atoms with Crippen molar-refractivity contribution in [3.05, 3.63) is 18.7 Å². The summed E-state index contributed by atoms with van der Waals surface area (Å²) in [7, 11) is 0. The minimum Gasteiger partial charge on any atom is -0.444 e. The zero-order chi connectivity index (χ0) is 16.0. The maximum atomic E-state index is 12.1. The summed E-state index contributed by atoms with van der Waals surface area (Å²) in [5.41, 5.74) is -0.425. The summed E-state index contributed by atoms with van der Waals surface area (Å²) < 4.78 is 7.52. The number of carbonyl (C=O) groups excluding carboxylic acids is 1. The number of imidazole rings is 1. The van der Waals surface area contributed by atoms with Crippen LogP contribution in [0.25, 0.3) is 0 Å². The standard InChI is InChI=1S/C16H28N4O2/c1-16(2,3)22-15(21)20-9-4-5-14(6-10-20)18-8-12-19-11-7-17-13-19/h7,11,13-14,18H,4-6,8-10,12H2,1-3H3. The van der Waals surface area contributed by atoms with E-state index < -0.39 is 5.60 Å². The van der Waals surface area contributed by atoms with Crippen LogP contribution in [0.3, 0.4) is 0 Å². The third kappa shape index (κ3) is 5.67. The minimum absolute atomic E-state index is 0.188. The van der Waals surface area contributed by atoms with Crippen LogP contribution in [0.4, 0.5) is 4.79 Å². The molecule has 124 valence electrons. The van der Waals surface area contributed by atoms with Crippen LogP contribution in [0, 0.1) is 0 Å². The molecule has 6 nitrogen and oxygen atoms in total. The Morgan fingerprint density at radius 2 is 2.18 bits per heavy atom. The summed E-state index contributed by atoms with van der Waals surface area (Å²) >= 11 is 0. The lowest BCUT2D eigenvalue weighted by Gasteiger charge is -2.26. The molecule has 22 heavy (non-hydrogen) atoms. The van der Waals surface area contributed by atoms with E-state index in [1.165, 1.54) is 0 Å². The number of likely N-dealkylation sites (tertiary alicyclic amines) is 1. The Balaban J connectivity index is 1.71. The molecule has 1 atom stereocenters. The van der Waals surface area contributed by atoms with E-state index in [0.29, 0.717) is 6.04 Å². The van der Waals surface area contributed by atoms with Crippen molar-refractivity contribution in [1.82, 2.24) is 19.8 Å². The molecule has 1 unspecified atom stereocenters. The van der Waals surface area contributed by atoms with E-state index >= 15 is 0 Å². The van der Waals surface area contributed by atoms with Gasteiger partial charge in [0, 0.05) is 44.6 Å². The highest BCUT2D eigenvalue weighted by Gasteiger charge is 2.24. The molecule has 1 aromatic rings. The van der Waals surface area contributed by atoms with E-state index in [1.807, 2.05) is 38.2 Å². The van der Waals surface area contributed by atoms with Gasteiger partial charge in [-0.2, -0.15) is 0 Å². The number of aromatic nitrogens is 2. The Bertz CT molecular complexity index is 453. The number of amides is 1. The topological polar surface area (TPSA) is 59.4 Å². The molecule has 1 saturated heterocycles. The minimum atomic E-state index is -0.425. The van der Waals surface area contributed by atoms with E-state index in [2.05, 4.69) is 14.9 Å². The SMILES string of the molecule is CC(C)(C)OC(=O)N1CCCC(NCCn2ccnc2)CC1. The molecule has 0 aromatic carbocycles. The first kappa shape index (κ1) is 16.8. The van der Waals surface area contributed by atoms with Crippen molar-refractivity contribution in [2.45, 2.75) is 58.2 Å². The lowest BCUT2D eigenvalue weighted by atomic mass is 10.1. The summed E-state index contributed by atoms with van der Waals surface area (Å²) in [6, 6.07) is 0.468. The van der Waals surface area contributed by atoms with Gasteiger partial charge in [-0.25, -0.2) is 9.78 Å². The van der Waals surface area contributed by atoms with Crippen molar-refractivity contribution in [2.75, 3.05) is 19.6 Å². The van der Waals surface area contributed by atoms with Crippen molar-refractivity contribution in [1.29, 1.82) is 0 Å². The fraction of sp³-hybridized carbons (Fsp3) is 0.750. The number of ether oxygens (including phenoxy) is 1. The predicted molar refractivity (Wildman–Crippen MR) is 85.7 cm³/mol. The first-order valence-corrected chi connectivity index (χ1v) is 8.11. The summed E-state index contributed by atoms with van der Waals surface area (Å²) in [5.74, 6) is 0. The molecule has 1 N–H and O–H groups in total. The maximum absolute atomic E-state index is 12.1. The molecule has 1 fully saturated rings. The first-order chi connectivity index (χ1) is 10.4. The zero-order valence-corrected chi connectivity index (χ0v) is 13.9. The van der Waals surface area contributed by atoms with Gasteiger partial charge in [0.05, 0.1) is 6.33 Å². The third-order valence-electron chi connectivity index (χ3n) is 3.74. The lowest BCUT2D eigenvalue weighted by Crippen LogP contribution is -2.38. The van der Waals surface area contributed by atoms with E-state index in [0.717, 1.165) is 45.4 Å². The maximum Gasteiger partial charge on any atom is 0.410 e. The Morgan fingerprint density at radius 1 is 1.36 bits per heavy atom. The molecule has 2 rings (SSSR count). The lowest BCUT2D eigenvalue weighted by molar-refractivity contribution is 0.0256. The van der Waals surface area contributed by atoms with Gasteiger partial charge < -0.3 is 19.5 Å². The average Bonchev–Trinajstić information content (AvgIpc) is 2.81. The number of nitrogens with one attached hydrogen (secondary N) is 1. The molecule has 6 heteroatoms. The van der Waals surface area contributed by atoms with Crippen molar-refractivity contribution in [3.8, 4) is 0 Å². The van der Waals surface area contributed by atoms with Crippen LogP contribution in [0.2, 0.25) is 0 Å². The summed E-state index contributed by atoms with van der Waals surface area (Å²) in [6.07, 6.45) is 8.50. The number of hydrogen-bond acceptors (Lipinski definition) is 4. The van der Waals surface area contributed by atoms with Crippen molar-refractivity contribution in [3.63, 3.8) is 0 Å². The van der Waals surface area contributed by atoms with Crippen molar-refractivity contribution < 1.29 is 9.53 Å². The Morgan fingerprint density at radius 3 is 2.86 bits per heavy atom. The Hall–Kier alpha value is -1.56. The second kappa shape index (κ2) is 7.63. The van der Waals surface area contributed by atoms with Crippen LogP contribution in [0.15, 0.2) is 18.7 Å². The molecule has 1 aliphatic heterocycles. The van der Waals surface area contributed by atoms with Gasteiger partial charge in [0.15, 0.2) is 0 Å². The summed E-state index contributed by atoms with van der Waals surface area (Å²) in [4.78, 5) is 18.0. The Kier molecular flexibility index (Phi) is 5.83. The van der Waals surface area contributed by atoms with Crippen molar-refractivity contribution >= 4 is 6.09 Å². The molecule has 0 aliphatic carbocycles. The van der Waals surface area contributed by atoms with E-state index in [1.54, 1.807) is 6.20 Å². The van der Waals surface area contributed by atoms with Crippen LogP contribution < -0.4 is 5.32 Å². The van der Waals surface area contributed by atoms with Crippen LogP contribution in [-0.2, 0) is 11.3 Å². The van der Waals surface area contributed by atoms with Crippen molar-refractivity contribution in [2.24, 2.45) is 0 Å². The molecule has 0 saturated carbocycles. The highest BCUT2D eigenvalue weighted by atomic mass is 16.6. The first-order valence-electron chi connectivity index (χ1n) is 8.11. The molecular formula is C16H28N4O2. The molecule has 0 radical (unpaired) electrons. The smallest absolute Gasteiger partial charge is 0.410 e. The summed E-state index contributed by atoms with van der Waals surface area (Å²) in [5, 5.41) is 3.58. The van der Waals surface area contributed by atoms with Crippen LogP contribution in [0.1, 0.15) is 40.0 Å². The van der Waals surface area contributed by atoms with Gasteiger partial charge in [-0.1, -0.05) is 0 Å². The highest BCUT2D eigenvalue weighted by Crippen LogP contribution is 2.15. The van der Waals surface area contributed by atoms with Gasteiger partial charge in [0.1, 0.15) is 5.60 Å².